The summed E-state index contributed by atoms with van der Waals surface area (Å²) in [5.41, 5.74) is 6.21. The molecule has 2 N–H and O–H groups in total. The maximum atomic E-state index is 6.27. The SMILES string of the molecule is CC(C)(C)c1nnc2sc(CC3(N)CCC3)nn12. The molecule has 1 saturated carbocycles. The maximum absolute atomic E-state index is 6.27. The molecule has 98 valence electrons. The molecule has 0 spiro atoms. The largest absolute Gasteiger partial charge is 0.325 e. The minimum absolute atomic E-state index is 0.0226. The van der Waals surface area contributed by atoms with Gasteiger partial charge in [0.05, 0.1) is 0 Å². The molecule has 2 aromatic heterocycles. The zero-order valence-corrected chi connectivity index (χ0v) is 11.9. The van der Waals surface area contributed by atoms with Gasteiger partial charge in [0.15, 0.2) is 5.82 Å². The number of aromatic nitrogens is 4. The number of nitrogens with two attached hydrogens (primary N) is 1. The molecule has 5 nitrogen and oxygen atoms in total. The monoisotopic (exact) mass is 265 g/mol. The summed E-state index contributed by atoms with van der Waals surface area (Å²) in [6, 6.07) is 0. The zero-order chi connectivity index (χ0) is 13.0. The lowest BCUT2D eigenvalue weighted by atomic mass is 9.75. The van der Waals surface area contributed by atoms with E-state index in [0.29, 0.717) is 0 Å². The third kappa shape index (κ3) is 1.93. The smallest absolute Gasteiger partial charge is 0.234 e. The summed E-state index contributed by atoms with van der Waals surface area (Å²) in [5.74, 6) is 0.916. The van der Waals surface area contributed by atoms with Gasteiger partial charge in [0.25, 0.3) is 0 Å². The first-order valence-corrected chi connectivity index (χ1v) is 7.20. The van der Waals surface area contributed by atoms with E-state index in [-0.39, 0.29) is 11.0 Å². The normalized spacial score (nSPS) is 19.1. The second-order valence-corrected chi connectivity index (χ2v) is 7.40. The van der Waals surface area contributed by atoms with Gasteiger partial charge in [0.1, 0.15) is 5.01 Å². The number of hydrogen-bond acceptors (Lipinski definition) is 5. The average molecular weight is 265 g/mol. The van der Waals surface area contributed by atoms with E-state index >= 15 is 0 Å². The topological polar surface area (TPSA) is 69.1 Å². The summed E-state index contributed by atoms with van der Waals surface area (Å²) in [7, 11) is 0. The Morgan fingerprint density at radius 1 is 1.33 bits per heavy atom. The summed E-state index contributed by atoms with van der Waals surface area (Å²) in [4.78, 5) is 0.873. The minimum atomic E-state index is -0.0400. The molecule has 0 saturated heterocycles. The second kappa shape index (κ2) is 3.74. The lowest BCUT2D eigenvalue weighted by Gasteiger charge is -2.37. The van der Waals surface area contributed by atoms with E-state index in [1.165, 1.54) is 6.42 Å². The molecular formula is C12H19N5S. The summed E-state index contributed by atoms with van der Waals surface area (Å²) >= 11 is 1.61. The Hall–Kier alpha value is -1.01. The van der Waals surface area contributed by atoms with Crippen LogP contribution in [0.2, 0.25) is 0 Å². The van der Waals surface area contributed by atoms with Crippen molar-refractivity contribution in [1.82, 2.24) is 19.8 Å². The second-order valence-electron chi connectivity index (χ2n) is 6.36. The Bertz CT molecular complexity index is 573. The van der Waals surface area contributed by atoms with E-state index < -0.39 is 0 Å². The fourth-order valence-corrected chi connectivity index (χ4v) is 3.29. The van der Waals surface area contributed by atoms with Gasteiger partial charge in [0, 0.05) is 17.4 Å². The van der Waals surface area contributed by atoms with Crippen LogP contribution in [0, 0.1) is 0 Å². The van der Waals surface area contributed by atoms with Crippen LogP contribution in [0.4, 0.5) is 0 Å². The predicted molar refractivity (Wildman–Crippen MR) is 71.8 cm³/mol. The Balaban J connectivity index is 1.94. The highest BCUT2D eigenvalue weighted by Gasteiger charge is 2.34. The van der Waals surface area contributed by atoms with Crippen molar-refractivity contribution in [1.29, 1.82) is 0 Å². The zero-order valence-electron chi connectivity index (χ0n) is 11.1. The van der Waals surface area contributed by atoms with Crippen LogP contribution in [0.25, 0.3) is 4.96 Å². The van der Waals surface area contributed by atoms with Crippen molar-refractivity contribution in [2.75, 3.05) is 0 Å². The molecule has 1 aliphatic carbocycles. The third-order valence-electron chi connectivity index (χ3n) is 3.56. The fourth-order valence-electron chi connectivity index (χ4n) is 2.30. The van der Waals surface area contributed by atoms with Crippen molar-refractivity contribution >= 4 is 16.3 Å². The molecule has 0 aliphatic heterocycles. The van der Waals surface area contributed by atoms with Crippen LogP contribution in [0.1, 0.15) is 50.9 Å². The van der Waals surface area contributed by atoms with Gasteiger partial charge < -0.3 is 5.73 Å². The van der Waals surface area contributed by atoms with Gasteiger partial charge in [-0.05, 0) is 19.3 Å². The number of hydrogen-bond donors (Lipinski definition) is 1. The lowest BCUT2D eigenvalue weighted by Crippen LogP contribution is -2.48. The van der Waals surface area contributed by atoms with E-state index in [1.54, 1.807) is 11.3 Å². The standard InChI is InChI=1S/C12H19N5S/c1-11(2,3)9-14-15-10-17(9)16-8(18-10)7-12(13)5-4-6-12/h4-7,13H2,1-3H3. The van der Waals surface area contributed by atoms with Crippen molar-refractivity contribution in [2.24, 2.45) is 5.73 Å². The van der Waals surface area contributed by atoms with Gasteiger partial charge >= 0.3 is 0 Å². The molecule has 1 fully saturated rings. The first kappa shape index (κ1) is 12.0. The predicted octanol–water partition coefficient (Wildman–Crippen LogP) is 1.91. The van der Waals surface area contributed by atoms with Crippen LogP contribution >= 0.6 is 11.3 Å². The highest BCUT2D eigenvalue weighted by Crippen LogP contribution is 2.33. The molecule has 6 heteroatoms. The number of rotatable bonds is 2. The molecule has 0 radical (unpaired) electrons. The molecule has 1 aliphatic rings. The molecule has 0 amide bonds. The van der Waals surface area contributed by atoms with Gasteiger partial charge in [0.2, 0.25) is 4.96 Å². The molecular weight excluding hydrogens is 246 g/mol. The van der Waals surface area contributed by atoms with E-state index in [2.05, 4.69) is 36.1 Å². The van der Waals surface area contributed by atoms with Crippen LogP contribution in [0.15, 0.2) is 0 Å². The van der Waals surface area contributed by atoms with Crippen molar-refractivity contribution < 1.29 is 0 Å². The average Bonchev–Trinajstić information content (AvgIpc) is 2.71. The fraction of sp³-hybridized carbons (Fsp3) is 0.750. The molecule has 18 heavy (non-hydrogen) atoms. The molecule has 0 unspecified atom stereocenters. The summed E-state index contributed by atoms with van der Waals surface area (Å²) < 4.78 is 1.88. The first-order chi connectivity index (χ1) is 8.37. The van der Waals surface area contributed by atoms with Crippen LogP contribution in [0.3, 0.4) is 0 Å². The van der Waals surface area contributed by atoms with Gasteiger partial charge in [-0.15, -0.1) is 10.2 Å². The minimum Gasteiger partial charge on any atom is -0.325 e. The molecule has 0 bridgehead atoms. The third-order valence-corrected chi connectivity index (χ3v) is 4.45. The Morgan fingerprint density at radius 3 is 2.61 bits per heavy atom. The molecule has 0 aromatic carbocycles. The number of nitrogens with zero attached hydrogens (tertiary/aromatic N) is 4. The quantitative estimate of drug-likeness (QED) is 0.900. The molecule has 0 atom stereocenters. The van der Waals surface area contributed by atoms with E-state index in [0.717, 1.165) is 35.1 Å². The number of fused-ring (bicyclic) bond motifs is 1. The lowest BCUT2D eigenvalue weighted by molar-refractivity contribution is 0.246. The van der Waals surface area contributed by atoms with Crippen LogP contribution in [0.5, 0.6) is 0 Å². The Labute approximate surface area is 110 Å². The maximum Gasteiger partial charge on any atom is 0.234 e. The van der Waals surface area contributed by atoms with E-state index in [1.807, 2.05) is 4.52 Å². The molecule has 3 rings (SSSR count). The summed E-state index contributed by atoms with van der Waals surface area (Å²) in [5, 5.41) is 14.1. The summed E-state index contributed by atoms with van der Waals surface area (Å²) in [6.45, 7) is 6.37. The van der Waals surface area contributed by atoms with Crippen LogP contribution in [-0.2, 0) is 11.8 Å². The van der Waals surface area contributed by atoms with Gasteiger partial charge in [-0.25, -0.2) is 0 Å². The van der Waals surface area contributed by atoms with E-state index in [9.17, 15) is 0 Å². The van der Waals surface area contributed by atoms with Gasteiger partial charge in [-0.3, -0.25) is 0 Å². The Morgan fingerprint density at radius 2 is 2.06 bits per heavy atom. The van der Waals surface area contributed by atoms with Crippen molar-refractivity contribution in [3.8, 4) is 0 Å². The van der Waals surface area contributed by atoms with Gasteiger partial charge in [-0.2, -0.15) is 9.61 Å². The Kier molecular flexibility index (Phi) is 2.50. The summed E-state index contributed by atoms with van der Waals surface area (Å²) in [6.07, 6.45) is 4.33. The van der Waals surface area contributed by atoms with Crippen molar-refractivity contribution in [3.05, 3.63) is 10.8 Å². The van der Waals surface area contributed by atoms with Crippen LogP contribution < -0.4 is 5.73 Å². The highest BCUT2D eigenvalue weighted by molar-refractivity contribution is 7.16. The highest BCUT2D eigenvalue weighted by atomic mass is 32.1. The molecule has 2 heterocycles. The van der Waals surface area contributed by atoms with Crippen molar-refractivity contribution in [2.45, 2.75) is 57.4 Å². The van der Waals surface area contributed by atoms with Crippen molar-refractivity contribution in [3.63, 3.8) is 0 Å². The first-order valence-electron chi connectivity index (χ1n) is 6.38. The molecule has 2 aromatic rings. The van der Waals surface area contributed by atoms with Crippen LogP contribution in [-0.4, -0.2) is 25.4 Å². The van der Waals surface area contributed by atoms with Gasteiger partial charge in [-0.1, -0.05) is 32.1 Å². The van der Waals surface area contributed by atoms with E-state index in [4.69, 9.17) is 5.73 Å².